The zero-order valence-corrected chi connectivity index (χ0v) is 14.1. The summed E-state index contributed by atoms with van der Waals surface area (Å²) in [6.45, 7) is 8.35. The van der Waals surface area contributed by atoms with Crippen LogP contribution in [0.3, 0.4) is 0 Å². The summed E-state index contributed by atoms with van der Waals surface area (Å²) in [4.78, 5) is 14.7. The third kappa shape index (κ3) is 3.13. The Bertz CT molecular complexity index is 798. The molecule has 3 rings (SSSR count). The predicted molar refractivity (Wildman–Crippen MR) is 97.3 cm³/mol. The standard InChI is InChI=1S/C20H22N2O2/c1-13(2)12-22-17-11-16(21)8-9-18(17)24-19(20(22)23)10-15-7-5-4-6-14(15)3/h4-9,11,19H,1,10,12,21H2,2-3H3. The molecule has 2 aromatic rings. The number of carbonyl (C=O) groups is 1. The summed E-state index contributed by atoms with van der Waals surface area (Å²) in [7, 11) is 0. The molecule has 1 unspecified atom stereocenters. The zero-order chi connectivity index (χ0) is 17.3. The molecule has 0 saturated heterocycles. The van der Waals surface area contributed by atoms with Crippen molar-refractivity contribution >= 4 is 17.3 Å². The first kappa shape index (κ1) is 16.1. The van der Waals surface area contributed by atoms with E-state index in [0.717, 1.165) is 16.7 Å². The van der Waals surface area contributed by atoms with Crippen molar-refractivity contribution in [2.24, 2.45) is 0 Å². The van der Waals surface area contributed by atoms with Gasteiger partial charge in [-0.15, -0.1) is 0 Å². The maximum atomic E-state index is 13.0. The molecule has 0 aliphatic carbocycles. The first-order valence-corrected chi connectivity index (χ1v) is 8.02. The van der Waals surface area contributed by atoms with E-state index in [0.29, 0.717) is 30.1 Å². The molecular formula is C20H22N2O2. The Morgan fingerprint density at radius 1 is 1.29 bits per heavy atom. The summed E-state index contributed by atoms with van der Waals surface area (Å²) >= 11 is 0. The van der Waals surface area contributed by atoms with Crippen LogP contribution in [0.2, 0.25) is 0 Å². The third-order valence-corrected chi connectivity index (χ3v) is 4.18. The van der Waals surface area contributed by atoms with E-state index in [9.17, 15) is 4.79 Å². The normalized spacial score (nSPS) is 16.5. The molecule has 2 N–H and O–H groups in total. The molecule has 0 saturated carbocycles. The quantitative estimate of drug-likeness (QED) is 0.692. The predicted octanol–water partition coefficient (Wildman–Crippen LogP) is 3.49. The number of hydrogen-bond acceptors (Lipinski definition) is 3. The second-order valence-electron chi connectivity index (χ2n) is 6.35. The maximum Gasteiger partial charge on any atom is 0.268 e. The molecule has 1 amide bonds. The van der Waals surface area contributed by atoms with Gasteiger partial charge in [-0.25, -0.2) is 0 Å². The molecule has 1 atom stereocenters. The van der Waals surface area contributed by atoms with Gasteiger partial charge in [-0.3, -0.25) is 4.79 Å². The molecular weight excluding hydrogens is 300 g/mol. The van der Waals surface area contributed by atoms with Gasteiger partial charge >= 0.3 is 0 Å². The highest BCUT2D eigenvalue weighted by Crippen LogP contribution is 2.36. The minimum absolute atomic E-state index is 0.0562. The van der Waals surface area contributed by atoms with Crippen molar-refractivity contribution in [2.75, 3.05) is 17.2 Å². The van der Waals surface area contributed by atoms with Crippen LogP contribution in [0.5, 0.6) is 5.75 Å². The molecule has 2 aromatic carbocycles. The molecule has 0 fully saturated rings. The highest BCUT2D eigenvalue weighted by atomic mass is 16.5. The van der Waals surface area contributed by atoms with Gasteiger partial charge in [-0.05, 0) is 43.2 Å². The van der Waals surface area contributed by atoms with Crippen molar-refractivity contribution in [3.63, 3.8) is 0 Å². The van der Waals surface area contributed by atoms with Crippen molar-refractivity contribution in [1.29, 1.82) is 0 Å². The summed E-state index contributed by atoms with van der Waals surface area (Å²) in [5, 5.41) is 0. The number of rotatable bonds is 4. The van der Waals surface area contributed by atoms with Crippen LogP contribution in [0.4, 0.5) is 11.4 Å². The average Bonchev–Trinajstić information content (AvgIpc) is 2.53. The highest BCUT2D eigenvalue weighted by Gasteiger charge is 2.34. The van der Waals surface area contributed by atoms with Gasteiger partial charge in [0.1, 0.15) is 5.75 Å². The summed E-state index contributed by atoms with van der Waals surface area (Å²) in [5.41, 5.74) is 10.4. The molecule has 1 aliphatic rings. The fraction of sp³-hybridized carbons (Fsp3) is 0.250. The van der Waals surface area contributed by atoms with E-state index in [4.69, 9.17) is 10.5 Å². The fourth-order valence-electron chi connectivity index (χ4n) is 2.94. The Hall–Kier alpha value is -2.75. The number of aryl methyl sites for hydroxylation is 1. The molecule has 1 heterocycles. The molecule has 1 aliphatic heterocycles. The summed E-state index contributed by atoms with van der Waals surface area (Å²) in [5.74, 6) is 0.628. The number of nitrogens with two attached hydrogens (primary N) is 1. The Balaban J connectivity index is 1.95. The average molecular weight is 322 g/mol. The summed E-state index contributed by atoms with van der Waals surface area (Å²) < 4.78 is 5.99. The second-order valence-corrected chi connectivity index (χ2v) is 6.35. The lowest BCUT2D eigenvalue weighted by Crippen LogP contribution is -2.47. The number of nitrogens with zero attached hydrogens (tertiary/aromatic N) is 1. The van der Waals surface area contributed by atoms with E-state index in [2.05, 4.69) is 6.58 Å². The number of carbonyl (C=O) groups excluding carboxylic acids is 1. The molecule has 4 nitrogen and oxygen atoms in total. The largest absolute Gasteiger partial charge is 0.478 e. The van der Waals surface area contributed by atoms with Gasteiger partial charge in [0.05, 0.1) is 5.69 Å². The van der Waals surface area contributed by atoms with E-state index >= 15 is 0 Å². The zero-order valence-electron chi connectivity index (χ0n) is 14.1. The van der Waals surface area contributed by atoms with Crippen LogP contribution in [0.25, 0.3) is 0 Å². The number of fused-ring (bicyclic) bond motifs is 1. The minimum Gasteiger partial charge on any atom is -0.478 e. The molecule has 0 aromatic heterocycles. The van der Waals surface area contributed by atoms with Crippen molar-refractivity contribution in [3.05, 3.63) is 65.7 Å². The number of hydrogen-bond donors (Lipinski definition) is 1. The summed E-state index contributed by atoms with van der Waals surface area (Å²) in [6, 6.07) is 13.5. The van der Waals surface area contributed by atoms with Gasteiger partial charge in [0.2, 0.25) is 0 Å². The van der Waals surface area contributed by atoms with Gasteiger partial charge in [-0.1, -0.05) is 36.4 Å². The Morgan fingerprint density at radius 3 is 2.75 bits per heavy atom. The Kier molecular flexibility index (Phi) is 4.30. The van der Waals surface area contributed by atoms with Crippen LogP contribution in [0.15, 0.2) is 54.6 Å². The summed E-state index contributed by atoms with van der Waals surface area (Å²) in [6.07, 6.45) is 0.00346. The molecule has 0 radical (unpaired) electrons. The van der Waals surface area contributed by atoms with E-state index in [1.54, 1.807) is 17.0 Å². The molecule has 0 bridgehead atoms. The first-order chi connectivity index (χ1) is 11.5. The van der Waals surface area contributed by atoms with Crippen molar-refractivity contribution in [1.82, 2.24) is 0 Å². The van der Waals surface area contributed by atoms with Gasteiger partial charge in [0, 0.05) is 18.7 Å². The van der Waals surface area contributed by atoms with E-state index in [1.807, 2.05) is 44.2 Å². The molecule has 124 valence electrons. The Labute approximate surface area is 142 Å². The topological polar surface area (TPSA) is 55.6 Å². The van der Waals surface area contributed by atoms with Crippen LogP contribution >= 0.6 is 0 Å². The second kappa shape index (κ2) is 6.40. The van der Waals surface area contributed by atoms with Gasteiger partial charge in [0.15, 0.2) is 6.10 Å². The Morgan fingerprint density at radius 2 is 2.04 bits per heavy atom. The van der Waals surface area contributed by atoms with Gasteiger partial charge in [-0.2, -0.15) is 0 Å². The maximum absolute atomic E-state index is 13.0. The number of nitrogen functional groups attached to an aromatic ring is 1. The fourth-order valence-corrected chi connectivity index (χ4v) is 2.94. The number of benzene rings is 2. The lowest BCUT2D eigenvalue weighted by molar-refractivity contribution is -0.126. The van der Waals surface area contributed by atoms with Crippen molar-refractivity contribution in [3.8, 4) is 5.75 Å². The van der Waals surface area contributed by atoms with E-state index < -0.39 is 6.10 Å². The molecule has 0 spiro atoms. The van der Waals surface area contributed by atoms with Crippen LogP contribution < -0.4 is 15.4 Å². The van der Waals surface area contributed by atoms with E-state index in [1.165, 1.54) is 0 Å². The van der Waals surface area contributed by atoms with Gasteiger partial charge in [0.25, 0.3) is 5.91 Å². The smallest absolute Gasteiger partial charge is 0.268 e. The van der Waals surface area contributed by atoms with E-state index in [-0.39, 0.29) is 5.91 Å². The van der Waals surface area contributed by atoms with Gasteiger partial charge < -0.3 is 15.4 Å². The highest BCUT2D eigenvalue weighted by molar-refractivity contribution is 6.01. The third-order valence-electron chi connectivity index (χ3n) is 4.18. The monoisotopic (exact) mass is 322 g/mol. The van der Waals surface area contributed by atoms with Crippen LogP contribution in [0.1, 0.15) is 18.1 Å². The molecule has 24 heavy (non-hydrogen) atoms. The molecule has 4 heteroatoms. The van der Waals surface area contributed by atoms with Crippen LogP contribution in [-0.4, -0.2) is 18.6 Å². The SMILES string of the molecule is C=C(C)CN1C(=O)C(Cc2ccccc2C)Oc2ccc(N)cc21. The van der Waals surface area contributed by atoms with Crippen LogP contribution in [0, 0.1) is 6.92 Å². The van der Waals surface area contributed by atoms with Crippen molar-refractivity contribution < 1.29 is 9.53 Å². The lowest BCUT2D eigenvalue weighted by Gasteiger charge is -2.35. The number of anilines is 2. The number of amides is 1. The minimum atomic E-state index is -0.540. The van der Waals surface area contributed by atoms with Crippen molar-refractivity contribution in [2.45, 2.75) is 26.4 Å². The lowest BCUT2D eigenvalue weighted by atomic mass is 10.0. The van der Waals surface area contributed by atoms with Crippen LogP contribution in [-0.2, 0) is 11.2 Å². The first-order valence-electron chi connectivity index (χ1n) is 8.02. The number of ether oxygens (including phenoxy) is 1.